The molecule has 2 aromatic rings. The number of amides is 1. The number of rotatable bonds is 6. The summed E-state index contributed by atoms with van der Waals surface area (Å²) in [5.41, 5.74) is -0.259. The summed E-state index contributed by atoms with van der Waals surface area (Å²) in [5, 5.41) is 12.7. The largest absolute Gasteiger partial charge is 0.480 e. The Morgan fingerprint density at radius 2 is 1.92 bits per heavy atom. The number of carbonyl (C=O) groups excluding carboxylic acids is 1. The Morgan fingerprint density at radius 1 is 1.24 bits per heavy atom. The van der Waals surface area contributed by atoms with Gasteiger partial charge in [-0.05, 0) is 37.1 Å². The maximum atomic E-state index is 12.1. The molecule has 0 saturated heterocycles. The highest BCUT2D eigenvalue weighted by Gasteiger charge is 2.42. The minimum Gasteiger partial charge on any atom is -0.480 e. The number of oxazole rings is 1. The molecule has 0 radical (unpaired) electrons. The number of aliphatic carboxylic acids is 1. The maximum absolute atomic E-state index is 12.1. The van der Waals surface area contributed by atoms with Gasteiger partial charge in [0.25, 0.3) is 0 Å². The molecule has 6 nitrogen and oxygen atoms in total. The van der Waals surface area contributed by atoms with Crippen LogP contribution in [-0.4, -0.2) is 27.5 Å². The summed E-state index contributed by atoms with van der Waals surface area (Å²) >= 11 is 5.86. The van der Waals surface area contributed by atoms with Crippen molar-refractivity contribution in [2.75, 3.05) is 0 Å². The Kier molecular flexibility index (Phi) is 5.08. The van der Waals surface area contributed by atoms with E-state index >= 15 is 0 Å². The predicted molar refractivity (Wildman–Crippen MR) is 92.2 cm³/mol. The van der Waals surface area contributed by atoms with E-state index in [4.69, 9.17) is 16.0 Å². The van der Waals surface area contributed by atoms with Gasteiger partial charge in [0.15, 0.2) is 11.7 Å². The fourth-order valence-electron chi connectivity index (χ4n) is 3.09. The third-order valence-electron chi connectivity index (χ3n) is 4.49. The fraction of sp³-hybridized carbons (Fsp3) is 0.389. The molecule has 25 heavy (non-hydrogen) atoms. The van der Waals surface area contributed by atoms with Crippen LogP contribution in [0.2, 0.25) is 5.02 Å². The van der Waals surface area contributed by atoms with Gasteiger partial charge >= 0.3 is 5.97 Å². The Labute approximate surface area is 150 Å². The zero-order chi connectivity index (χ0) is 17.9. The van der Waals surface area contributed by atoms with Crippen molar-refractivity contribution in [2.24, 2.45) is 0 Å². The van der Waals surface area contributed by atoms with Crippen molar-refractivity contribution in [1.29, 1.82) is 0 Å². The van der Waals surface area contributed by atoms with E-state index in [0.717, 1.165) is 18.4 Å². The molecule has 1 aliphatic carbocycles. The number of carbonyl (C=O) groups is 2. The molecule has 1 saturated carbocycles. The molecule has 0 spiro atoms. The van der Waals surface area contributed by atoms with Crippen LogP contribution >= 0.6 is 11.6 Å². The lowest BCUT2D eigenvalue weighted by atomic mass is 9.97. The molecule has 0 unspecified atom stereocenters. The van der Waals surface area contributed by atoms with Crippen molar-refractivity contribution < 1.29 is 19.1 Å². The lowest BCUT2D eigenvalue weighted by Gasteiger charge is -2.25. The van der Waals surface area contributed by atoms with Gasteiger partial charge in [0.2, 0.25) is 5.91 Å². The van der Waals surface area contributed by atoms with E-state index in [-0.39, 0.29) is 12.3 Å². The van der Waals surface area contributed by atoms with Crippen LogP contribution in [0.4, 0.5) is 0 Å². The van der Waals surface area contributed by atoms with E-state index in [1.165, 1.54) is 0 Å². The third-order valence-corrected chi connectivity index (χ3v) is 4.75. The molecular weight excluding hydrogens is 344 g/mol. The normalized spacial score (nSPS) is 15.9. The molecule has 0 aliphatic heterocycles. The van der Waals surface area contributed by atoms with Crippen molar-refractivity contribution >= 4 is 23.5 Å². The lowest BCUT2D eigenvalue weighted by molar-refractivity contribution is -0.147. The predicted octanol–water partition coefficient (Wildman–Crippen LogP) is 3.44. The molecule has 132 valence electrons. The van der Waals surface area contributed by atoms with Crippen LogP contribution in [0.25, 0.3) is 11.3 Å². The lowest BCUT2D eigenvalue weighted by Crippen LogP contribution is -2.52. The van der Waals surface area contributed by atoms with Crippen LogP contribution < -0.4 is 5.32 Å². The number of aromatic nitrogens is 1. The van der Waals surface area contributed by atoms with Crippen LogP contribution in [0.1, 0.15) is 38.0 Å². The second kappa shape index (κ2) is 7.27. The molecule has 7 heteroatoms. The van der Waals surface area contributed by atoms with Gasteiger partial charge in [0, 0.05) is 23.4 Å². The highest BCUT2D eigenvalue weighted by atomic mass is 35.5. The minimum absolute atomic E-state index is 0.135. The zero-order valence-electron chi connectivity index (χ0n) is 13.6. The first kappa shape index (κ1) is 17.5. The van der Waals surface area contributed by atoms with Crippen LogP contribution in [-0.2, 0) is 16.0 Å². The van der Waals surface area contributed by atoms with E-state index in [0.29, 0.717) is 35.9 Å². The average Bonchev–Trinajstić information content (AvgIpc) is 3.24. The van der Waals surface area contributed by atoms with E-state index in [1.807, 2.05) is 12.1 Å². The number of aryl methyl sites for hydroxylation is 1. The number of hydrogen-bond acceptors (Lipinski definition) is 4. The van der Waals surface area contributed by atoms with Crippen molar-refractivity contribution in [3.8, 4) is 11.3 Å². The standard InChI is InChI=1S/C18H19ClN2O4/c19-13-5-3-12(4-6-13)14-11-20-16(25-14)8-7-15(22)21-18(17(23)24)9-1-2-10-18/h3-6,11H,1-2,7-10H2,(H,21,22)(H,23,24). The summed E-state index contributed by atoms with van der Waals surface area (Å²) in [6, 6.07) is 7.19. The SMILES string of the molecule is O=C(CCc1ncc(-c2ccc(Cl)cc2)o1)NC1(C(=O)O)CCCC1. The Balaban J connectivity index is 1.57. The van der Waals surface area contributed by atoms with Gasteiger partial charge in [-0.15, -0.1) is 0 Å². The van der Waals surface area contributed by atoms with Crippen molar-refractivity contribution in [2.45, 2.75) is 44.1 Å². The molecule has 1 fully saturated rings. The van der Waals surface area contributed by atoms with E-state index in [9.17, 15) is 14.7 Å². The molecule has 0 atom stereocenters. The van der Waals surface area contributed by atoms with Gasteiger partial charge in [-0.25, -0.2) is 9.78 Å². The number of carboxylic acids is 1. The smallest absolute Gasteiger partial charge is 0.329 e. The number of carboxylic acid groups (broad SMARTS) is 1. The Hall–Kier alpha value is -2.34. The van der Waals surface area contributed by atoms with Crippen LogP contribution in [0, 0.1) is 0 Å². The molecule has 1 aliphatic rings. The Morgan fingerprint density at radius 3 is 2.56 bits per heavy atom. The molecule has 1 aromatic carbocycles. The van der Waals surface area contributed by atoms with Gasteiger partial charge in [-0.1, -0.05) is 24.4 Å². The summed E-state index contributed by atoms with van der Waals surface area (Å²) in [6.45, 7) is 0. The fourth-order valence-corrected chi connectivity index (χ4v) is 3.22. The molecule has 3 rings (SSSR count). The maximum Gasteiger partial charge on any atom is 0.329 e. The summed E-state index contributed by atoms with van der Waals surface area (Å²) in [6.07, 6.45) is 4.64. The summed E-state index contributed by atoms with van der Waals surface area (Å²) in [4.78, 5) is 27.8. The second-order valence-corrected chi connectivity index (χ2v) is 6.70. The van der Waals surface area contributed by atoms with Crippen LogP contribution in [0.3, 0.4) is 0 Å². The number of hydrogen-bond donors (Lipinski definition) is 2. The number of benzene rings is 1. The second-order valence-electron chi connectivity index (χ2n) is 6.27. The molecular formula is C18H19ClN2O4. The van der Waals surface area contributed by atoms with Gasteiger partial charge in [0.05, 0.1) is 6.20 Å². The zero-order valence-corrected chi connectivity index (χ0v) is 14.4. The quantitative estimate of drug-likeness (QED) is 0.821. The molecule has 1 amide bonds. The monoisotopic (exact) mass is 362 g/mol. The van der Waals surface area contributed by atoms with Crippen molar-refractivity contribution in [1.82, 2.24) is 10.3 Å². The topological polar surface area (TPSA) is 92.4 Å². The van der Waals surface area contributed by atoms with Crippen molar-refractivity contribution in [3.05, 3.63) is 41.4 Å². The van der Waals surface area contributed by atoms with Crippen molar-refractivity contribution in [3.63, 3.8) is 0 Å². The highest BCUT2D eigenvalue weighted by molar-refractivity contribution is 6.30. The summed E-state index contributed by atoms with van der Waals surface area (Å²) in [7, 11) is 0. The summed E-state index contributed by atoms with van der Waals surface area (Å²) in [5.74, 6) is -0.212. The van der Waals surface area contributed by atoms with Crippen LogP contribution in [0.5, 0.6) is 0 Å². The molecule has 0 bridgehead atoms. The number of nitrogens with zero attached hydrogens (tertiary/aromatic N) is 1. The summed E-state index contributed by atoms with van der Waals surface area (Å²) < 4.78 is 5.65. The first-order chi connectivity index (χ1) is 12.0. The highest BCUT2D eigenvalue weighted by Crippen LogP contribution is 2.30. The van der Waals surface area contributed by atoms with E-state index < -0.39 is 11.5 Å². The molecule has 2 N–H and O–H groups in total. The first-order valence-electron chi connectivity index (χ1n) is 8.24. The van der Waals surface area contributed by atoms with Gasteiger partial charge < -0.3 is 14.8 Å². The first-order valence-corrected chi connectivity index (χ1v) is 8.61. The van der Waals surface area contributed by atoms with Crippen LogP contribution in [0.15, 0.2) is 34.9 Å². The van der Waals surface area contributed by atoms with Gasteiger partial charge in [0.1, 0.15) is 5.54 Å². The van der Waals surface area contributed by atoms with Gasteiger partial charge in [-0.2, -0.15) is 0 Å². The van der Waals surface area contributed by atoms with E-state index in [1.54, 1.807) is 18.3 Å². The number of halogens is 1. The average molecular weight is 363 g/mol. The third kappa shape index (κ3) is 4.02. The Bertz CT molecular complexity index is 764. The van der Waals surface area contributed by atoms with Gasteiger partial charge in [-0.3, -0.25) is 4.79 Å². The minimum atomic E-state index is -1.11. The molecule has 1 aromatic heterocycles. The molecule has 1 heterocycles. The van der Waals surface area contributed by atoms with E-state index in [2.05, 4.69) is 10.3 Å². The number of nitrogens with one attached hydrogen (secondary N) is 1.